The van der Waals surface area contributed by atoms with Gasteiger partial charge in [0.05, 0.1) is 4.90 Å². The van der Waals surface area contributed by atoms with E-state index in [9.17, 15) is 13.2 Å². The molecule has 0 saturated carbocycles. The number of halogens is 1. The van der Waals surface area contributed by atoms with Crippen molar-refractivity contribution in [3.63, 3.8) is 0 Å². The molecule has 156 valence electrons. The van der Waals surface area contributed by atoms with Crippen molar-refractivity contribution in [3.05, 3.63) is 59.1 Å². The second-order valence-electron chi connectivity index (χ2n) is 6.78. The Kier molecular flexibility index (Phi) is 7.52. The number of nitrogens with zero attached hydrogens (tertiary/aromatic N) is 1. The van der Waals surface area contributed by atoms with Crippen molar-refractivity contribution in [1.82, 2.24) is 4.31 Å². The van der Waals surface area contributed by atoms with Crippen LogP contribution in [0.1, 0.15) is 24.8 Å². The van der Waals surface area contributed by atoms with Crippen LogP contribution < -0.4 is 4.74 Å². The first-order chi connectivity index (χ1) is 13.9. The van der Waals surface area contributed by atoms with E-state index in [-0.39, 0.29) is 25.6 Å². The van der Waals surface area contributed by atoms with Gasteiger partial charge in [-0.1, -0.05) is 23.7 Å². The van der Waals surface area contributed by atoms with E-state index in [1.807, 2.05) is 0 Å². The summed E-state index contributed by atoms with van der Waals surface area (Å²) in [6.07, 6.45) is 2.52. The van der Waals surface area contributed by atoms with Crippen LogP contribution >= 0.6 is 11.6 Å². The molecule has 1 saturated heterocycles. The molecule has 6 nitrogen and oxygen atoms in total. The predicted octanol–water partition coefficient (Wildman–Crippen LogP) is 3.68. The minimum atomic E-state index is -3.41. The molecule has 1 aliphatic heterocycles. The van der Waals surface area contributed by atoms with Gasteiger partial charge in [-0.25, -0.2) is 8.42 Å². The molecule has 3 rings (SSSR count). The number of esters is 1. The summed E-state index contributed by atoms with van der Waals surface area (Å²) in [4.78, 5) is 12.2. The van der Waals surface area contributed by atoms with Gasteiger partial charge < -0.3 is 9.47 Å². The Bertz CT molecular complexity index is 907. The molecular formula is C21H24ClNO5S. The molecule has 0 aliphatic carbocycles. The zero-order valence-corrected chi connectivity index (χ0v) is 17.6. The SMILES string of the molecule is O=C(CCc1ccc(S(=O)(=O)N2CCCC2)cc1)OCCOc1ccc(Cl)cc1. The molecule has 0 bridgehead atoms. The summed E-state index contributed by atoms with van der Waals surface area (Å²) in [5.41, 5.74) is 0.889. The Balaban J connectivity index is 1.39. The van der Waals surface area contributed by atoms with E-state index in [0.29, 0.717) is 35.2 Å². The van der Waals surface area contributed by atoms with Crippen molar-refractivity contribution in [2.24, 2.45) is 0 Å². The van der Waals surface area contributed by atoms with Crippen molar-refractivity contribution in [2.45, 2.75) is 30.6 Å². The van der Waals surface area contributed by atoms with Crippen LogP contribution in [0.4, 0.5) is 0 Å². The van der Waals surface area contributed by atoms with Gasteiger partial charge >= 0.3 is 5.97 Å². The first-order valence-electron chi connectivity index (χ1n) is 9.58. The number of benzene rings is 2. The largest absolute Gasteiger partial charge is 0.490 e. The molecule has 0 N–H and O–H groups in total. The van der Waals surface area contributed by atoms with E-state index >= 15 is 0 Å². The second-order valence-corrected chi connectivity index (χ2v) is 9.15. The second kappa shape index (κ2) is 10.1. The molecule has 8 heteroatoms. The number of rotatable bonds is 9. The van der Waals surface area contributed by atoms with Gasteiger partial charge in [0, 0.05) is 24.5 Å². The normalized spacial score (nSPS) is 14.7. The highest BCUT2D eigenvalue weighted by atomic mass is 35.5. The smallest absolute Gasteiger partial charge is 0.306 e. The number of ether oxygens (including phenoxy) is 2. The van der Waals surface area contributed by atoms with Crippen LogP contribution in [0.3, 0.4) is 0 Å². The monoisotopic (exact) mass is 437 g/mol. The molecule has 29 heavy (non-hydrogen) atoms. The Hall–Kier alpha value is -2.09. The lowest BCUT2D eigenvalue weighted by molar-refractivity contribution is -0.144. The van der Waals surface area contributed by atoms with Crippen LogP contribution in [-0.2, 0) is 26.0 Å². The van der Waals surface area contributed by atoms with Gasteiger partial charge in [-0.3, -0.25) is 4.79 Å². The third-order valence-electron chi connectivity index (χ3n) is 4.67. The fourth-order valence-electron chi connectivity index (χ4n) is 3.07. The highest BCUT2D eigenvalue weighted by Gasteiger charge is 2.26. The molecule has 0 spiro atoms. The first kappa shape index (κ1) is 21.6. The van der Waals surface area contributed by atoms with Crippen molar-refractivity contribution >= 4 is 27.6 Å². The highest BCUT2D eigenvalue weighted by molar-refractivity contribution is 7.89. The quantitative estimate of drug-likeness (QED) is 0.442. The minimum absolute atomic E-state index is 0.161. The molecule has 2 aromatic carbocycles. The maximum Gasteiger partial charge on any atom is 0.306 e. The number of aryl methyl sites for hydroxylation is 1. The third-order valence-corrected chi connectivity index (χ3v) is 6.84. The summed E-state index contributed by atoms with van der Waals surface area (Å²) in [7, 11) is -3.41. The lowest BCUT2D eigenvalue weighted by Gasteiger charge is -2.15. The molecule has 1 heterocycles. The Morgan fingerprint density at radius 2 is 1.62 bits per heavy atom. The number of hydrogen-bond donors (Lipinski definition) is 0. The molecule has 1 fully saturated rings. The van der Waals surface area contributed by atoms with Crippen LogP contribution in [0.15, 0.2) is 53.4 Å². The fraction of sp³-hybridized carbons (Fsp3) is 0.381. The zero-order chi connectivity index (χ0) is 20.7. The van der Waals surface area contributed by atoms with E-state index in [0.717, 1.165) is 18.4 Å². The molecule has 0 radical (unpaired) electrons. The van der Waals surface area contributed by atoms with E-state index in [2.05, 4.69) is 0 Å². The van der Waals surface area contributed by atoms with E-state index < -0.39 is 10.0 Å². The summed E-state index contributed by atoms with van der Waals surface area (Å²) >= 11 is 5.80. The minimum Gasteiger partial charge on any atom is -0.490 e. The number of sulfonamides is 1. The first-order valence-corrected chi connectivity index (χ1v) is 11.4. The summed E-state index contributed by atoms with van der Waals surface area (Å²) < 4.78 is 37.2. The zero-order valence-electron chi connectivity index (χ0n) is 16.1. The van der Waals surface area contributed by atoms with Crippen LogP contribution in [0.2, 0.25) is 5.02 Å². The Labute approximate surface area is 176 Å². The molecule has 0 amide bonds. The average molecular weight is 438 g/mol. The molecule has 0 unspecified atom stereocenters. The number of carbonyl (C=O) groups is 1. The number of carbonyl (C=O) groups excluding carboxylic acids is 1. The summed E-state index contributed by atoms with van der Waals surface area (Å²) in [5.74, 6) is 0.341. The van der Waals surface area contributed by atoms with Gasteiger partial charge in [0.2, 0.25) is 10.0 Å². The molecular weight excluding hydrogens is 414 g/mol. The van der Waals surface area contributed by atoms with Gasteiger partial charge in [-0.2, -0.15) is 4.31 Å². The third kappa shape index (κ3) is 6.19. The molecule has 2 aromatic rings. The predicted molar refractivity (Wildman–Crippen MR) is 111 cm³/mol. The topological polar surface area (TPSA) is 72.9 Å². The summed E-state index contributed by atoms with van der Waals surface area (Å²) in [6.45, 7) is 1.58. The molecule has 0 aromatic heterocycles. The van der Waals surface area contributed by atoms with E-state index in [4.69, 9.17) is 21.1 Å². The van der Waals surface area contributed by atoms with Crippen molar-refractivity contribution < 1.29 is 22.7 Å². The Morgan fingerprint density at radius 1 is 0.966 bits per heavy atom. The van der Waals surface area contributed by atoms with Crippen molar-refractivity contribution in [1.29, 1.82) is 0 Å². The van der Waals surface area contributed by atoms with Gasteiger partial charge in [-0.15, -0.1) is 0 Å². The van der Waals surface area contributed by atoms with Gasteiger partial charge in [0.15, 0.2) is 0 Å². The molecule has 0 atom stereocenters. The van der Waals surface area contributed by atoms with E-state index in [1.165, 1.54) is 4.31 Å². The fourth-order valence-corrected chi connectivity index (χ4v) is 4.71. The highest BCUT2D eigenvalue weighted by Crippen LogP contribution is 2.21. The van der Waals surface area contributed by atoms with Crippen molar-refractivity contribution in [2.75, 3.05) is 26.3 Å². The average Bonchev–Trinajstić information content (AvgIpc) is 3.27. The van der Waals surface area contributed by atoms with Gasteiger partial charge in [0.25, 0.3) is 0 Å². The Morgan fingerprint density at radius 3 is 2.28 bits per heavy atom. The molecule has 1 aliphatic rings. The van der Waals surface area contributed by atoms with Crippen LogP contribution in [0, 0.1) is 0 Å². The number of hydrogen-bond acceptors (Lipinski definition) is 5. The van der Waals surface area contributed by atoms with Crippen molar-refractivity contribution in [3.8, 4) is 5.75 Å². The standard InChI is InChI=1S/C21H24ClNO5S/c22-18-6-8-19(9-7-18)27-15-16-28-21(24)12-5-17-3-10-20(11-4-17)29(25,26)23-13-1-2-14-23/h3-4,6-11H,1-2,5,12-16H2. The van der Waals surface area contributed by atoms with Crippen LogP contribution in [0.5, 0.6) is 5.75 Å². The lowest BCUT2D eigenvalue weighted by atomic mass is 10.1. The lowest BCUT2D eigenvalue weighted by Crippen LogP contribution is -2.27. The summed E-state index contributed by atoms with van der Waals surface area (Å²) in [6, 6.07) is 13.7. The van der Waals surface area contributed by atoms with Crippen LogP contribution in [-0.4, -0.2) is 45.0 Å². The van der Waals surface area contributed by atoms with Gasteiger partial charge in [0.1, 0.15) is 19.0 Å². The van der Waals surface area contributed by atoms with Gasteiger partial charge in [-0.05, 0) is 61.2 Å². The summed E-state index contributed by atoms with van der Waals surface area (Å²) in [5, 5.41) is 0.630. The maximum atomic E-state index is 12.5. The van der Waals surface area contributed by atoms with E-state index in [1.54, 1.807) is 48.5 Å². The van der Waals surface area contributed by atoms with Crippen LogP contribution in [0.25, 0.3) is 0 Å². The maximum absolute atomic E-state index is 12.5.